The molecule has 0 atom stereocenters. The molecular weight excluding hydrogens is 265 g/mol. The van der Waals surface area contributed by atoms with Crippen molar-refractivity contribution in [2.24, 2.45) is 0 Å². The van der Waals surface area contributed by atoms with Crippen molar-refractivity contribution in [2.45, 2.75) is 39.7 Å². The molecule has 0 aliphatic heterocycles. The van der Waals surface area contributed by atoms with Gasteiger partial charge in [0.2, 0.25) is 0 Å². The van der Waals surface area contributed by atoms with Gasteiger partial charge in [0.15, 0.2) is 0 Å². The third-order valence-electron chi connectivity index (χ3n) is 3.43. The fourth-order valence-electron chi connectivity index (χ4n) is 2.21. The minimum Gasteiger partial charge on any atom is -0.489 e. The van der Waals surface area contributed by atoms with E-state index in [2.05, 4.69) is 33.8 Å². The minimum atomic E-state index is -0.303. The monoisotopic (exact) mass is 287 g/mol. The Bertz CT molecular complexity index is 644. The summed E-state index contributed by atoms with van der Waals surface area (Å²) in [5.74, 6) is 0.513. The van der Waals surface area contributed by atoms with E-state index in [0.717, 1.165) is 11.3 Å². The highest BCUT2D eigenvalue weighted by molar-refractivity contribution is 5.47. The largest absolute Gasteiger partial charge is 0.489 e. The smallest absolute Gasteiger partial charge is 0.123 e. The lowest BCUT2D eigenvalue weighted by Gasteiger charge is -2.23. The number of ether oxygens (including phenoxy) is 1. The Hall–Kier alpha value is -2.03. The van der Waals surface area contributed by atoms with Crippen molar-refractivity contribution in [1.82, 2.24) is 0 Å². The van der Waals surface area contributed by atoms with Crippen LogP contribution in [-0.4, -0.2) is 0 Å². The molecule has 2 aromatic carbocycles. The molecule has 0 saturated carbocycles. The van der Waals surface area contributed by atoms with E-state index in [0.29, 0.717) is 11.3 Å². The summed E-state index contributed by atoms with van der Waals surface area (Å²) in [6.45, 7) is 8.75. The maximum absolute atomic E-state index is 13.3. The highest BCUT2D eigenvalue weighted by Gasteiger charge is 2.19. The van der Waals surface area contributed by atoms with Gasteiger partial charge >= 0.3 is 0 Å². The highest BCUT2D eigenvalue weighted by atomic mass is 19.1. The van der Waals surface area contributed by atoms with Crippen molar-refractivity contribution in [1.29, 1.82) is 0 Å². The fraction of sp³-hybridized carbons (Fsp3) is 0.333. The number of rotatable bonds is 3. The lowest BCUT2D eigenvalue weighted by molar-refractivity contribution is 0.297. The number of anilines is 1. The van der Waals surface area contributed by atoms with Gasteiger partial charge in [0.05, 0.1) is 0 Å². The summed E-state index contributed by atoms with van der Waals surface area (Å²) in [6, 6.07) is 10.4. The zero-order valence-electron chi connectivity index (χ0n) is 13.0. The number of hydrogen-bond acceptors (Lipinski definition) is 2. The quantitative estimate of drug-likeness (QED) is 0.838. The van der Waals surface area contributed by atoms with Crippen LogP contribution < -0.4 is 10.5 Å². The van der Waals surface area contributed by atoms with Crippen molar-refractivity contribution in [3.63, 3.8) is 0 Å². The zero-order chi connectivity index (χ0) is 15.6. The SMILES string of the molecule is Cc1ccc(OCc2cc(F)ccc2N)c(C(C)(C)C)c1. The van der Waals surface area contributed by atoms with Gasteiger partial charge in [-0.3, -0.25) is 0 Å². The molecular formula is C18H22FNO. The summed E-state index contributed by atoms with van der Waals surface area (Å²) in [6.07, 6.45) is 0. The second-order valence-corrected chi connectivity index (χ2v) is 6.38. The molecule has 0 aliphatic carbocycles. The second kappa shape index (κ2) is 5.76. The molecule has 2 rings (SSSR count). The van der Waals surface area contributed by atoms with Crippen molar-refractivity contribution in [3.8, 4) is 5.75 Å². The van der Waals surface area contributed by atoms with Gasteiger partial charge < -0.3 is 10.5 Å². The Labute approximate surface area is 125 Å². The maximum atomic E-state index is 13.3. The van der Waals surface area contributed by atoms with E-state index in [-0.39, 0.29) is 17.8 Å². The maximum Gasteiger partial charge on any atom is 0.123 e. The zero-order valence-corrected chi connectivity index (χ0v) is 13.0. The third kappa shape index (κ3) is 3.75. The van der Waals surface area contributed by atoms with E-state index < -0.39 is 0 Å². The Kier molecular flexibility index (Phi) is 4.21. The molecule has 2 N–H and O–H groups in total. The van der Waals surface area contributed by atoms with Crippen LogP contribution in [0.25, 0.3) is 0 Å². The Morgan fingerprint density at radius 1 is 1.10 bits per heavy atom. The van der Waals surface area contributed by atoms with Crippen molar-refractivity contribution >= 4 is 5.69 Å². The molecule has 0 spiro atoms. The number of halogens is 1. The number of nitrogen functional groups attached to an aromatic ring is 1. The van der Waals surface area contributed by atoms with Crippen LogP contribution in [-0.2, 0) is 12.0 Å². The first kappa shape index (κ1) is 15.4. The van der Waals surface area contributed by atoms with Gasteiger partial charge in [-0.2, -0.15) is 0 Å². The van der Waals surface area contributed by atoms with Crippen LogP contribution in [0.1, 0.15) is 37.5 Å². The molecule has 0 unspecified atom stereocenters. The van der Waals surface area contributed by atoms with Crippen LogP contribution in [0.15, 0.2) is 36.4 Å². The number of nitrogens with two attached hydrogens (primary N) is 1. The molecule has 21 heavy (non-hydrogen) atoms. The second-order valence-electron chi connectivity index (χ2n) is 6.38. The predicted octanol–water partition coefficient (Wildman–Crippen LogP) is 4.59. The predicted molar refractivity (Wildman–Crippen MR) is 85.0 cm³/mol. The van der Waals surface area contributed by atoms with Gasteiger partial charge in [-0.25, -0.2) is 4.39 Å². The van der Waals surface area contributed by atoms with Crippen LogP contribution >= 0.6 is 0 Å². The van der Waals surface area contributed by atoms with Gasteiger partial charge in [-0.1, -0.05) is 38.5 Å². The van der Waals surface area contributed by atoms with Crippen molar-refractivity contribution in [2.75, 3.05) is 5.73 Å². The van der Waals surface area contributed by atoms with E-state index >= 15 is 0 Å². The van der Waals surface area contributed by atoms with Crippen LogP contribution in [0.3, 0.4) is 0 Å². The first-order valence-corrected chi connectivity index (χ1v) is 7.05. The van der Waals surface area contributed by atoms with E-state index in [9.17, 15) is 4.39 Å². The van der Waals surface area contributed by atoms with Crippen molar-refractivity contribution in [3.05, 3.63) is 58.9 Å². The molecule has 0 bridgehead atoms. The highest BCUT2D eigenvalue weighted by Crippen LogP contribution is 2.32. The van der Waals surface area contributed by atoms with Crippen LogP contribution in [0.4, 0.5) is 10.1 Å². The van der Waals surface area contributed by atoms with Crippen LogP contribution in [0.2, 0.25) is 0 Å². The molecule has 0 saturated heterocycles. The minimum absolute atomic E-state index is 0.0190. The van der Waals surface area contributed by atoms with Gasteiger partial charge in [-0.15, -0.1) is 0 Å². The van der Waals surface area contributed by atoms with Gasteiger partial charge in [0.25, 0.3) is 0 Å². The van der Waals surface area contributed by atoms with E-state index in [1.807, 2.05) is 12.1 Å². The lowest BCUT2D eigenvalue weighted by atomic mass is 9.85. The molecule has 0 radical (unpaired) electrons. The average molecular weight is 287 g/mol. The molecule has 0 fully saturated rings. The van der Waals surface area contributed by atoms with E-state index in [4.69, 9.17) is 10.5 Å². The molecule has 2 aromatic rings. The Morgan fingerprint density at radius 2 is 1.81 bits per heavy atom. The number of benzene rings is 2. The fourth-order valence-corrected chi connectivity index (χ4v) is 2.21. The molecule has 3 heteroatoms. The lowest BCUT2D eigenvalue weighted by Crippen LogP contribution is -2.14. The summed E-state index contributed by atoms with van der Waals surface area (Å²) in [5.41, 5.74) is 9.37. The number of aryl methyl sites for hydroxylation is 1. The first-order chi connectivity index (χ1) is 9.77. The van der Waals surface area contributed by atoms with Gasteiger partial charge in [-0.05, 0) is 42.2 Å². The molecule has 2 nitrogen and oxygen atoms in total. The average Bonchev–Trinajstić information content (AvgIpc) is 2.40. The Morgan fingerprint density at radius 3 is 2.48 bits per heavy atom. The third-order valence-corrected chi connectivity index (χ3v) is 3.43. The topological polar surface area (TPSA) is 35.2 Å². The standard InChI is InChI=1S/C18H22FNO/c1-12-5-8-17(15(9-12)18(2,3)4)21-11-13-10-14(19)6-7-16(13)20/h5-10H,11,20H2,1-4H3. The Balaban J connectivity index is 2.26. The van der Waals surface area contributed by atoms with E-state index in [1.165, 1.54) is 17.7 Å². The summed E-state index contributed by atoms with van der Waals surface area (Å²) < 4.78 is 19.2. The summed E-state index contributed by atoms with van der Waals surface area (Å²) in [5, 5.41) is 0. The van der Waals surface area contributed by atoms with E-state index in [1.54, 1.807) is 6.07 Å². The summed E-state index contributed by atoms with van der Waals surface area (Å²) in [7, 11) is 0. The molecule has 112 valence electrons. The van der Waals surface area contributed by atoms with Crippen LogP contribution in [0.5, 0.6) is 5.75 Å². The van der Waals surface area contributed by atoms with Gasteiger partial charge in [0, 0.05) is 11.3 Å². The molecule has 0 amide bonds. The molecule has 0 heterocycles. The van der Waals surface area contributed by atoms with Crippen LogP contribution in [0, 0.1) is 12.7 Å². The molecule has 0 aliphatic rings. The first-order valence-electron chi connectivity index (χ1n) is 7.05. The van der Waals surface area contributed by atoms with Gasteiger partial charge in [0.1, 0.15) is 18.2 Å². The molecule has 0 aromatic heterocycles. The number of hydrogen-bond donors (Lipinski definition) is 1. The summed E-state index contributed by atoms with van der Waals surface area (Å²) >= 11 is 0. The normalized spacial score (nSPS) is 11.5. The summed E-state index contributed by atoms with van der Waals surface area (Å²) in [4.78, 5) is 0. The van der Waals surface area contributed by atoms with Crippen molar-refractivity contribution < 1.29 is 9.13 Å².